The van der Waals surface area contributed by atoms with Gasteiger partial charge in [0.2, 0.25) is 0 Å². The Hall–Kier alpha value is -1.03. The van der Waals surface area contributed by atoms with Crippen LogP contribution in [0.5, 0.6) is 0 Å². The van der Waals surface area contributed by atoms with Crippen LogP contribution in [0.4, 0.5) is 13.2 Å². The Morgan fingerprint density at radius 1 is 0.957 bits per heavy atom. The van der Waals surface area contributed by atoms with Crippen LogP contribution in [0.1, 0.15) is 51.0 Å². The molecule has 3 rings (SSSR count). The fourth-order valence-electron chi connectivity index (χ4n) is 4.10. The zero-order valence-electron chi connectivity index (χ0n) is 13.7. The molecule has 2 fully saturated rings. The molecule has 23 heavy (non-hydrogen) atoms. The first-order valence-electron chi connectivity index (χ1n) is 8.78. The van der Waals surface area contributed by atoms with Crippen LogP contribution in [0.3, 0.4) is 0 Å². The molecule has 128 valence electrons. The molecule has 4 heteroatoms. The summed E-state index contributed by atoms with van der Waals surface area (Å²) in [5.74, 6) is -1.82. The molecule has 0 amide bonds. The smallest absolute Gasteiger partial charge is 0.194 e. The van der Waals surface area contributed by atoms with Crippen LogP contribution in [0.2, 0.25) is 0 Å². The first-order chi connectivity index (χ1) is 11.0. The van der Waals surface area contributed by atoms with E-state index in [0.29, 0.717) is 35.8 Å². The highest BCUT2D eigenvalue weighted by atomic mass is 19.2. The normalized spacial score (nSPS) is 32.0. The number of ether oxygens (including phenoxy) is 1. The summed E-state index contributed by atoms with van der Waals surface area (Å²) in [7, 11) is 0. The monoisotopic (exact) mass is 326 g/mol. The van der Waals surface area contributed by atoms with E-state index in [2.05, 4.69) is 6.92 Å². The predicted octanol–water partition coefficient (Wildman–Crippen LogP) is 5.27. The Bertz CT molecular complexity index is 506. The Kier molecular flexibility index (Phi) is 5.30. The van der Waals surface area contributed by atoms with Crippen LogP contribution in [-0.4, -0.2) is 12.7 Å². The van der Waals surface area contributed by atoms with Crippen molar-refractivity contribution >= 4 is 0 Å². The van der Waals surface area contributed by atoms with Crippen molar-refractivity contribution in [3.05, 3.63) is 35.1 Å². The van der Waals surface area contributed by atoms with E-state index in [9.17, 15) is 13.2 Å². The fourth-order valence-corrected chi connectivity index (χ4v) is 4.10. The zero-order chi connectivity index (χ0) is 16.4. The first-order valence-corrected chi connectivity index (χ1v) is 8.78. The zero-order valence-corrected chi connectivity index (χ0v) is 13.7. The minimum absolute atomic E-state index is 0.396. The second-order valence-electron chi connectivity index (χ2n) is 7.41. The van der Waals surface area contributed by atoms with Gasteiger partial charge in [-0.05, 0) is 80.4 Å². The third-order valence-electron chi connectivity index (χ3n) is 5.52. The van der Waals surface area contributed by atoms with Gasteiger partial charge in [-0.3, -0.25) is 0 Å². The van der Waals surface area contributed by atoms with Crippen LogP contribution in [-0.2, 0) is 11.2 Å². The van der Waals surface area contributed by atoms with Crippen molar-refractivity contribution in [2.75, 3.05) is 6.61 Å². The molecule has 0 bridgehead atoms. The third kappa shape index (κ3) is 4.09. The molecule has 2 aliphatic rings. The van der Waals surface area contributed by atoms with Gasteiger partial charge in [0.1, 0.15) is 0 Å². The van der Waals surface area contributed by atoms with Crippen LogP contribution >= 0.6 is 0 Å². The van der Waals surface area contributed by atoms with Crippen molar-refractivity contribution in [2.24, 2.45) is 17.8 Å². The molecular weight excluding hydrogens is 301 g/mol. The van der Waals surface area contributed by atoms with Crippen molar-refractivity contribution in [1.29, 1.82) is 0 Å². The van der Waals surface area contributed by atoms with Crippen LogP contribution in [0, 0.1) is 35.2 Å². The molecule has 0 radical (unpaired) electrons. The van der Waals surface area contributed by atoms with Crippen molar-refractivity contribution in [3.63, 3.8) is 0 Å². The van der Waals surface area contributed by atoms with Gasteiger partial charge in [0.05, 0.1) is 6.10 Å². The quantitative estimate of drug-likeness (QED) is 0.688. The summed E-state index contributed by atoms with van der Waals surface area (Å²) in [5.41, 5.74) is 0.563. The predicted molar refractivity (Wildman–Crippen MR) is 83.6 cm³/mol. The molecule has 1 aromatic rings. The molecule has 1 saturated heterocycles. The lowest BCUT2D eigenvalue weighted by atomic mass is 9.75. The standard InChI is InChI=1S/C19H25F3O/c1-12-2-7-18(23-11-12)15-5-3-13(4-6-15)8-14-9-16(20)19(22)17(21)10-14/h9-10,12-13,15,18H,2-8,11H2,1H3. The largest absolute Gasteiger partial charge is 0.378 e. The number of benzene rings is 1. The summed E-state index contributed by atoms with van der Waals surface area (Å²) in [5, 5.41) is 0. The van der Waals surface area contributed by atoms with Gasteiger partial charge in [-0.2, -0.15) is 0 Å². The maximum atomic E-state index is 13.3. The minimum Gasteiger partial charge on any atom is -0.378 e. The Labute approximate surface area is 136 Å². The lowest BCUT2D eigenvalue weighted by Gasteiger charge is -2.37. The van der Waals surface area contributed by atoms with Gasteiger partial charge in [0, 0.05) is 6.61 Å². The lowest BCUT2D eigenvalue weighted by molar-refractivity contribution is -0.0543. The topological polar surface area (TPSA) is 9.23 Å². The second-order valence-corrected chi connectivity index (χ2v) is 7.41. The number of hydrogen-bond acceptors (Lipinski definition) is 1. The maximum absolute atomic E-state index is 13.3. The summed E-state index contributed by atoms with van der Waals surface area (Å²) < 4.78 is 45.6. The summed E-state index contributed by atoms with van der Waals surface area (Å²) in [4.78, 5) is 0. The van der Waals surface area contributed by atoms with Crippen LogP contribution in [0.25, 0.3) is 0 Å². The molecule has 0 spiro atoms. The van der Waals surface area contributed by atoms with Crippen molar-refractivity contribution in [2.45, 2.75) is 58.0 Å². The summed E-state index contributed by atoms with van der Waals surface area (Å²) in [6.45, 7) is 3.10. The van der Waals surface area contributed by atoms with Crippen molar-refractivity contribution < 1.29 is 17.9 Å². The van der Waals surface area contributed by atoms with E-state index in [1.165, 1.54) is 6.42 Å². The number of rotatable bonds is 3. The van der Waals surface area contributed by atoms with Gasteiger partial charge < -0.3 is 4.74 Å². The second kappa shape index (κ2) is 7.25. The molecule has 1 saturated carbocycles. The molecule has 2 atom stereocenters. The lowest BCUT2D eigenvalue weighted by Crippen LogP contribution is -2.33. The van der Waals surface area contributed by atoms with E-state index >= 15 is 0 Å². The van der Waals surface area contributed by atoms with Gasteiger partial charge in [-0.1, -0.05) is 6.92 Å². The van der Waals surface area contributed by atoms with Gasteiger partial charge in [0.25, 0.3) is 0 Å². The Morgan fingerprint density at radius 2 is 1.61 bits per heavy atom. The minimum atomic E-state index is -1.37. The first kappa shape index (κ1) is 16.8. The highest BCUT2D eigenvalue weighted by Gasteiger charge is 2.30. The van der Waals surface area contributed by atoms with E-state index in [0.717, 1.165) is 50.8 Å². The molecule has 0 N–H and O–H groups in total. The average molecular weight is 326 g/mol. The molecule has 1 aliphatic carbocycles. The van der Waals surface area contributed by atoms with E-state index in [4.69, 9.17) is 4.74 Å². The maximum Gasteiger partial charge on any atom is 0.194 e. The van der Waals surface area contributed by atoms with E-state index in [1.807, 2.05) is 0 Å². The summed E-state index contributed by atoms with van der Waals surface area (Å²) >= 11 is 0. The number of hydrogen-bond donors (Lipinski definition) is 0. The summed E-state index contributed by atoms with van der Waals surface area (Å²) in [6.07, 6.45) is 7.79. The number of halogens is 3. The van der Waals surface area contributed by atoms with E-state index in [1.54, 1.807) is 0 Å². The van der Waals surface area contributed by atoms with Gasteiger partial charge in [-0.15, -0.1) is 0 Å². The molecule has 0 aromatic heterocycles. The highest BCUT2D eigenvalue weighted by Crippen LogP contribution is 2.37. The van der Waals surface area contributed by atoms with Crippen molar-refractivity contribution in [1.82, 2.24) is 0 Å². The Balaban J connectivity index is 1.51. The molecule has 1 heterocycles. The van der Waals surface area contributed by atoms with E-state index in [-0.39, 0.29) is 0 Å². The molecule has 1 aliphatic heterocycles. The average Bonchev–Trinajstić information content (AvgIpc) is 2.54. The van der Waals surface area contributed by atoms with Crippen LogP contribution < -0.4 is 0 Å². The van der Waals surface area contributed by atoms with Gasteiger partial charge >= 0.3 is 0 Å². The van der Waals surface area contributed by atoms with Gasteiger partial charge in [-0.25, -0.2) is 13.2 Å². The molecular formula is C19H25F3O. The molecule has 1 aromatic carbocycles. The Morgan fingerprint density at radius 3 is 2.17 bits per heavy atom. The highest BCUT2D eigenvalue weighted by molar-refractivity contribution is 5.20. The van der Waals surface area contributed by atoms with Crippen molar-refractivity contribution in [3.8, 4) is 0 Å². The van der Waals surface area contributed by atoms with Gasteiger partial charge in [0.15, 0.2) is 17.5 Å². The molecule has 1 nitrogen and oxygen atoms in total. The fraction of sp³-hybridized carbons (Fsp3) is 0.684. The third-order valence-corrected chi connectivity index (χ3v) is 5.52. The van der Waals surface area contributed by atoms with Crippen LogP contribution in [0.15, 0.2) is 12.1 Å². The SMILES string of the molecule is CC1CCC(C2CCC(Cc3cc(F)c(F)c(F)c3)CC2)OC1. The summed E-state index contributed by atoms with van der Waals surface area (Å²) in [6, 6.07) is 2.27. The molecule has 2 unspecified atom stereocenters. The van der Waals surface area contributed by atoms with E-state index < -0.39 is 17.5 Å².